The molecule has 1 aromatic carbocycles. The van der Waals surface area contributed by atoms with E-state index in [1.807, 2.05) is 37.3 Å². The van der Waals surface area contributed by atoms with Crippen LogP contribution in [0.15, 0.2) is 42.7 Å². The number of aromatic nitrogens is 2. The molecule has 6 nitrogen and oxygen atoms in total. The van der Waals surface area contributed by atoms with Crippen molar-refractivity contribution in [2.24, 2.45) is 0 Å². The second-order valence-corrected chi connectivity index (χ2v) is 5.47. The van der Waals surface area contributed by atoms with Gasteiger partial charge in [-0.1, -0.05) is 30.3 Å². The fourth-order valence-corrected chi connectivity index (χ4v) is 2.53. The Morgan fingerprint density at radius 2 is 1.96 bits per heavy atom. The number of carbonyl (C=O) groups excluding carboxylic acids is 1. The number of morpholine rings is 1. The molecule has 23 heavy (non-hydrogen) atoms. The summed E-state index contributed by atoms with van der Waals surface area (Å²) in [7, 11) is 0. The first-order valence-electron chi connectivity index (χ1n) is 7.74. The third-order valence-electron chi connectivity index (χ3n) is 3.87. The number of benzene rings is 1. The summed E-state index contributed by atoms with van der Waals surface area (Å²) in [6.45, 7) is 4.86. The third kappa shape index (κ3) is 3.84. The van der Waals surface area contributed by atoms with Gasteiger partial charge in [0.05, 0.1) is 19.3 Å². The number of anilines is 1. The molecule has 1 aliphatic rings. The van der Waals surface area contributed by atoms with Crippen LogP contribution in [0.1, 0.15) is 29.0 Å². The molecule has 1 saturated heterocycles. The lowest BCUT2D eigenvalue weighted by molar-refractivity contribution is 0.0934. The molecule has 0 bridgehead atoms. The van der Waals surface area contributed by atoms with E-state index in [9.17, 15) is 4.79 Å². The van der Waals surface area contributed by atoms with Crippen molar-refractivity contribution in [3.05, 3.63) is 54.0 Å². The summed E-state index contributed by atoms with van der Waals surface area (Å²) in [4.78, 5) is 22.9. The lowest BCUT2D eigenvalue weighted by Crippen LogP contribution is -2.37. The standard InChI is InChI=1S/C17H20N4O2/c1-13(14-5-3-2-4-6-14)20-17(22)15-11-16(19-12-18-15)21-7-9-23-10-8-21/h2-6,11-13H,7-10H2,1H3,(H,20,22)/t13-/m1/s1. The second-order valence-electron chi connectivity index (χ2n) is 5.47. The Hall–Kier alpha value is -2.47. The van der Waals surface area contributed by atoms with Gasteiger partial charge in [-0.3, -0.25) is 4.79 Å². The number of nitrogens with zero attached hydrogens (tertiary/aromatic N) is 3. The van der Waals surface area contributed by atoms with E-state index in [1.165, 1.54) is 6.33 Å². The van der Waals surface area contributed by atoms with Gasteiger partial charge in [-0.05, 0) is 12.5 Å². The van der Waals surface area contributed by atoms with E-state index < -0.39 is 0 Å². The monoisotopic (exact) mass is 312 g/mol. The summed E-state index contributed by atoms with van der Waals surface area (Å²) in [6.07, 6.45) is 1.44. The molecular weight excluding hydrogens is 292 g/mol. The Balaban J connectivity index is 1.69. The SMILES string of the molecule is C[C@@H](NC(=O)c1cc(N2CCOCC2)ncn1)c1ccccc1. The average molecular weight is 312 g/mol. The number of rotatable bonds is 4. The zero-order valence-electron chi connectivity index (χ0n) is 13.1. The lowest BCUT2D eigenvalue weighted by Gasteiger charge is -2.27. The predicted molar refractivity (Wildman–Crippen MR) is 87.4 cm³/mol. The molecule has 2 heterocycles. The topological polar surface area (TPSA) is 67.4 Å². The first-order chi connectivity index (χ1) is 11.2. The highest BCUT2D eigenvalue weighted by Gasteiger charge is 2.17. The summed E-state index contributed by atoms with van der Waals surface area (Å²) in [6, 6.07) is 11.5. The Morgan fingerprint density at radius 1 is 1.22 bits per heavy atom. The van der Waals surface area contributed by atoms with E-state index >= 15 is 0 Å². The molecule has 0 saturated carbocycles. The molecule has 6 heteroatoms. The summed E-state index contributed by atoms with van der Waals surface area (Å²) in [5.74, 6) is 0.569. The maximum atomic E-state index is 12.4. The fraction of sp³-hybridized carbons (Fsp3) is 0.353. The van der Waals surface area contributed by atoms with Crippen molar-refractivity contribution in [3.8, 4) is 0 Å². The van der Waals surface area contributed by atoms with Gasteiger partial charge < -0.3 is 15.0 Å². The van der Waals surface area contributed by atoms with Gasteiger partial charge in [-0.15, -0.1) is 0 Å². The summed E-state index contributed by atoms with van der Waals surface area (Å²) < 4.78 is 5.34. The molecule has 1 amide bonds. The summed E-state index contributed by atoms with van der Waals surface area (Å²) in [5.41, 5.74) is 1.44. The van der Waals surface area contributed by atoms with Crippen molar-refractivity contribution in [1.82, 2.24) is 15.3 Å². The zero-order valence-corrected chi connectivity index (χ0v) is 13.1. The molecule has 1 aromatic heterocycles. The molecule has 0 unspecified atom stereocenters. The van der Waals surface area contributed by atoms with E-state index in [0.717, 1.165) is 24.5 Å². The number of hydrogen-bond donors (Lipinski definition) is 1. The molecule has 2 aromatic rings. The largest absolute Gasteiger partial charge is 0.378 e. The van der Waals surface area contributed by atoms with Gasteiger partial charge in [0.2, 0.25) is 0 Å². The number of hydrogen-bond acceptors (Lipinski definition) is 5. The molecule has 0 spiro atoms. The molecule has 0 aliphatic carbocycles. The maximum absolute atomic E-state index is 12.4. The highest BCUT2D eigenvalue weighted by molar-refractivity contribution is 5.93. The van der Waals surface area contributed by atoms with Crippen LogP contribution in [-0.2, 0) is 4.74 Å². The van der Waals surface area contributed by atoms with Crippen LogP contribution >= 0.6 is 0 Å². The van der Waals surface area contributed by atoms with Crippen LogP contribution < -0.4 is 10.2 Å². The van der Waals surface area contributed by atoms with Crippen LogP contribution in [0.3, 0.4) is 0 Å². The van der Waals surface area contributed by atoms with E-state index in [4.69, 9.17) is 4.74 Å². The van der Waals surface area contributed by atoms with Crippen molar-refractivity contribution >= 4 is 11.7 Å². The minimum Gasteiger partial charge on any atom is -0.378 e. The summed E-state index contributed by atoms with van der Waals surface area (Å²) in [5, 5.41) is 2.97. The zero-order chi connectivity index (χ0) is 16.1. The van der Waals surface area contributed by atoms with Crippen LogP contribution in [0.4, 0.5) is 5.82 Å². The predicted octanol–water partition coefficient (Wildman–Crippen LogP) is 1.80. The van der Waals surface area contributed by atoms with E-state index in [-0.39, 0.29) is 11.9 Å². The Labute approximate surface area is 135 Å². The van der Waals surface area contributed by atoms with Crippen molar-refractivity contribution < 1.29 is 9.53 Å². The van der Waals surface area contributed by atoms with E-state index in [1.54, 1.807) is 6.07 Å². The van der Waals surface area contributed by atoms with E-state index in [2.05, 4.69) is 20.2 Å². The average Bonchev–Trinajstić information content (AvgIpc) is 2.63. The number of ether oxygens (including phenoxy) is 1. The van der Waals surface area contributed by atoms with Gasteiger partial charge in [-0.25, -0.2) is 9.97 Å². The molecule has 3 rings (SSSR count). The number of nitrogens with one attached hydrogen (secondary N) is 1. The molecule has 0 radical (unpaired) electrons. The fourth-order valence-electron chi connectivity index (χ4n) is 2.53. The second kappa shape index (κ2) is 7.19. The van der Waals surface area contributed by atoms with Crippen molar-refractivity contribution in [3.63, 3.8) is 0 Å². The number of carbonyl (C=O) groups is 1. The minimum absolute atomic E-state index is 0.0782. The molecule has 1 N–H and O–H groups in total. The van der Waals surface area contributed by atoms with Gasteiger partial charge in [-0.2, -0.15) is 0 Å². The highest BCUT2D eigenvalue weighted by Crippen LogP contribution is 2.15. The van der Waals surface area contributed by atoms with Gasteiger partial charge in [0, 0.05) is 19.2 Å². The molecular formula is C17H20N4O2. The van der Waals surface area contributed by atoms with Gasteiger partial charge >= 0.3 is 0 Å². The summed E-state index contributed by atoms with van der Waals surface area (Å²) >= 11 is 0. The van der Waals surface area contributed by atoms with Gasteiger partial charge in [0.25, 0.3) is 5.91 Å². The Morgan fingerprint density at radius 3 is 2.70 bits per heavy atom. The highest BCUT2D eigenvalue weighted by atomic mass is 16.5. The smallest absolute Gasteiger partial charge is 0.270 e. The van der Waals surface area contributed by atoms with Crippen LogP contribution in [0.2, 0.25) is 0 Å². The lowest BCUT2D eigenvalue weighted by atomic mass is 10.1. The molecule has 1 aliphatic heterocycles. The molecule has 1 fully saturated rings. The van der Waals surface area contributed by atoms with Crippen LogP contribution in [0.5, 0.6) is 0 Å². The Bertz CT molecular complexity index is 657. The molecule has 120 valence electrons. The number of amides is 1. The molecule has 1 atom stereocenters. The Kier molecular flexibility index (Phi) is 4.83. The normalized spacial score (nSPS) is 16.0. The van der Waals surface area contributed by atoms with Crippen LogP contribution in [0.25, 0.3) is 0 Å². The third-order valence-corrected chi connectivity index (χ3v) is 3.87. The minimum atomic E-state index is -0.196. The van der Waals surface area contributed by atoms with Gasteiger partial charge in [0.15, 0.2) is 0 Å². The van der Waals surface area contributed by atoms with Crippen molar-refractivity contribution in [2.45, 2.75) is 13.0 Å². The van der Waals surface area contributed by atoms with Crippen molar-refractivity contribution in [2.75, 3.05) is 31.2 Å². The van der Waals surface area contributed by atoms with Crippen molar-refractivity contribution in [1.29, 1.82) is 0 Å². The maximum Gasteiger partial charge on any atom is 0.270 e. The first kappa shape index (κ1) is 15.4. The van der Waals surface area contributed by atoms with Gasteiger partial charge in [0.1, 0.15) is 17.8 Å². The quantitative estimate of drug-likeness (QED) is 0.932. The van der Waals surface area contributed by atoms with Crippen LogP contribution in [0, 0.1) is 0 Å². The first-order valence-corrected chi connectivity index (χ1v) is 7.74. The van der Waals surface area contributed by atoms with E-state index in [0.29, 0.717) is 18.9 Å². The van der Waals surface area contributed by atoms with Crippen LogP contribution in [-0.4, -0.2) is 42.2 Å².